The Balaban J connectivity index is 1.81. The van der Waals surface area contributed by atoms with Crippen LogP contribution in [0.5, 0.6) is 0 Å². The van der Waals surface area contributed by atoms with Crippen LogP contribution in [0.15, 0.2) is 64.6 Å². The van der Waals surface area contributed by atoms with E-state index < -0.39 is 0 Å². The van der Waals surface area contributed by atoms with Crippen LogP contribution in [0.1, 0.15) is 10.6 Å². The van der Waals surface area contributed by atoms with Gasteiger partial charge in [-0.2, -0.15) is 5.26 Å². The molecule has 0 atom stereocenters. The van der Waals surface area contributed by atoms with Gasteiger partial charge < -0.3 is 5.32 Å². The van der Waals surface area contributed by atoms with Gasteiger partial charge in [0.2, 0.25) is 0 Å². The fourth-order valence-corrected chi connectivity index (χ4v) is 3.16. The smallest absolute Gasteiger partial charge is 0.136 e. The first-order chi connectivity index (χ1) is 11.7. The molecule has 5 heteroatoms. The normalized spacial score (nSPS) is 11.1. The summed E-state index contributed by atoms with van der Waals surface area (Å²) in [6, 6.07) is 18.2. The van der Waals surface area contributed by atoms with Crippen LogP contribution in [0.25, 0.3) is 16.8 Å². The second-order valence-corrected chi connectivity index (χ2v) is 7.00. The number of anilines is 1. The molecular weight excluding hydrogens is 382 g/mol. The largest absolute Gasteiger partial charge is 0.360 e. The number of nitriles is 1. The molecule has 0 saturated carbocycles. The lowest BCUT2D eigenvalue weighted by atomic mass is 10.1. The SMILES string of the molecule is Cc1ccc(-c2csc(C(C#N)=CNc3ccc(Br)cc3)n2)cc1. The van der Waals surface area contributed by atoms with Gasteiger partial charge >= 0.3 is 0 Å². The van der Waals surface area contributed by atoms with Crippen LogP contribution in [0.3, 0.4) is 0 Å². The topological polar surface area (TPSA) is 48.7 Å². The number of hydrogen-bond donors (Lipinski definition) is 1. The lowest BCUT2D eigenvalue weighted by molar-refractivity contribution is 1.36. The van der Waals surface area contributed by atoms with Gasteiger partial charge in [0, 0.05) is 27.3 Å². The van der Waals surface area contributed by atoms with Gasteiger partial charge in [0.05, 0.1) is 5.69 Å². The van der Waals surface area contributed by atoms with E-state index in [1.807, 2.05) is 41.8 Å². The predicted molar refractivity (Wildman–Crippen MR) is 104 cm³/mol. The molecule has 3 aromatic rings. The van der Waals surface area contributed by atoms with E-state index in [0.717, 1.165) is 21.4 Å². The number of nitrogens with zero attached hydrogens (tertiary/aromatic N) is 2. The predicted octanol–water partition coefficient (Wildman–Crippen LogP) is 5.86. The fraction of sp³-hybridized carbons (Fsp3) is 0.0526. The van der Waals surface area contributed by atoms with Crippen molar-refractivity contribution in [3.8, 4) is 17.3 Å². The number of rotatable bonds is 4. The summed E-state index contributed by atoms with van der Waals surface area (Å²) in [4.78, 5) is 4.59. The average molecular weight is 396 g/mol. The lowest BCUT2D eigenvalue weighted by Gasteiger charge is -2.01. The summed E-state index contributed by atoms with van der Waals surface area (Å²) in [6.07, 6.45) is 1.70. The molecule has 0 amide bonds. The molecule has 0 aliphatic heterocycles. The van der Waals surface area contributed by atoms with Crippen molar-refractivity contribution in [1.82, 2.24) is 4.98 Å². The third-order valence-electron chi connectivity index (χ3n) is 3.43. The number of aryl methyl sites for hydroxylation is 1. The first-order valence-corrected chi connectivity index (χ1v) is 8.98. The van der Waals surface area contributed by atoms with Gasteiger partial charge in [0.25, 0.3) is 0 Å². The Morgan fingerprint density at radius 1 is 1.17 bits per heavy atom. The Kier molecular flexibility index (Phi) is 5.09. The zero-order chi connectivity index (χ0) is 16.9. The second-order valence-electron chi connectivity index (χ2n) is 5.22. The molecule has 3 nitrogen and oxygen atoms in total. The summed E-state index contributed by atoms with van der Waals surface area (Å²) < 4.78 is 1.01. The van der Waals surface area contributed by atoms with Crippen LogP contribution >= 0.6 is 27.3 Å². The van der Waals surface area contributed by atoms with Crippen LogP contribution in [-0.4, -0.2) is 4.98 Å². The number of halogens is 1. The van der Waals surface area contributed by atoms with Crippen molar-refractivity contribution in [2.75, 3.05) is 5.32 Å². The van der Waals surface area contributed by atoms with Crippen LogP contribution in [-0.2, 0) is 0 Å². The molecule has 0 unspecified atom stereocenters. The van der Waals surface area contributed by atoms with E-state index >= 15 is 0 Å². The fourth-order valence-electron chi connectivity index (χ4n) is 2.10. The van der Waals surface area contributed by atoms with Gasteiger partial charge in [0.1, 0.15) is 16.6 Å². The third-order valence-corrected chi connectivity index (χ3v) is 4.83. The van der Waals surface area contributed by atoms with Crippen molar-refractivity contribution in [1.29, 1.82) is 5.26 Å². The highest BCUT2D eigenvalue weighted by Gasteiger charge is 2.08. The Morgan fingerprint density at radius 2 is 1.88 bits per heavy atom. The van der Waals surface area contributed by atoms with Gasteiger partial charge in [-0.25, -0.2) is 4.98 Å². The molecule has 0 aliphatic carbocycles. The van der Waals surface area contributed by atoms with Crippen LogP contribution in [0, 0.1) is 18.3 Å². The Morgan fingerprint density at radius 3 is 2.54 bits per heavy atom. The van der Waals surface area contributed by atoms with E-state index in [1.165, 1.54) is 16.9 Å². The number of hydrogen-bond acceptors (Lipinski definition) is 4. The molecule has 24 heavy (non-hydrogen) atoms. The van der Waals surface area contributed by atoms with Crippen LogP contribution in [0.4, 0.5) is 5.69 Å². The van der Waals surface area contributed by atoms with Gasteiger partial charge in [-0.05, 0) is 31.2 Å². The summed E-state index contributed by atoms with van der Waals surface area (Å²) in [5, 5.41) is 15.2. The van der Waals surface area contributed by atoms with Gasteiger partial charge in [0.15, 0.2) is 0 Å². The molecule has 3 rings (SSSR count). The molecule has 0 aliphatic rings. The minimum atomic E-state index is 0.515. The highest BCUT2D eigenvalue weighted by atomic mass is 79.9. The number of benzene rings is 2. The Bertz CT molecular complexity index is 903. The van der Waals surface area contributed by atoms with Crippen molar-refractivity contribution in [3.05, 3.63) is 75.2 Å². The van der Waals surface area contributed by atoms with E-state index in [4.69, 9.17) is 0 Å². The molecule has 2 aromatic carbocycles. The molecule has 0 bridgehead atoms. The third kappa shape index (κ3) is 3.91. The molecule has 1 aromatic heterocycles. The van der Waals surface area contributed by atoms with Crippen molar-refractivity contribution < 1.29 is 0 Å². The quantitative estimate of drug-likeness (QED) is 0.562. The molecule has 0 saturated heterocycles. The Labute approximate surface area is 153 Å². The first-order valence-electron chi connectivity index (χ1n) is 7.31. The van der Waals surface area contributed by atoms with E-state index in [-0.39, 0.29) is 0 Å². The molecule has 1 N–H and O–H groups in total. The minimum absolute atomic E-state index is 0.515. The van der Waals surface area contributed by atoms with E-state index in [0.29, 0.717) is 10.6 Å². The standard InChI is InChI=1S/C19H14BrN3S/c1-13-2-4-14(5-3-13)18-12-24-19(23-18)15(10-21)11-22-17-8-6-16(20)7-9-17/h2-9,11-12,22H,1H3. The van der Waals surface area contributed by atoms with Crippen molar-refractivity contribution in [3.63, 3.8) is 0 Å². The van der Waals surface area contributed by atoms with Gasteiger partial charge in [-0.15, -0.1) is 11.3 Å². The molecule has 0 fully saturated rings. The summed E-state index contributed by atoms with van der Waals surface area (Å²) in [5.74, 6) is 0. The zero-order valence-corrected chi connectivity index (χ0v) is 15.4. The summed E-state index contributed by atoms with van der Waals surface area (Å²) in [7, 11) is 0. The van der Waals surface area contributed by atoms with E-state index in [1.54, 1.807) is 6.20 Å². The molecule has 0 radical (unpaired) electrons. The van der Waals surface area contributed by atoms with E-state index in [9.17, 15) is 5.26 Å². The maximum absolute atomic E-state index is 9.42. The first kappa shape index (κ1) is 16.4. The summed E-state index contributed by atoms with van der Waals surface area (Å²) >= 11 is 4.87. The van der Waals surface area contributed by atoms with Crippen LogP contribution < -0.4 is 5.32 Å². The van der Waals surface area contributed by atoms with Crippen molar-refractivity contribution >= 4 is 38.5 Å². The molecule has 1 heterocycles. The summed E-state index contributed by atoms with van der Waals surface area (Å²) in [6.45, 7) is 2.06. The van der Waals surface area contributed by atoms with E-state index in [2.05, 4.69) is 51.4 Å². The minimum Gasteiger partial charge on any atom is -0.360 e. The summed E-state index contributed by atoms with van der Waals surface area (Å²) in [5.41, 5.74) is 4.59. The molecule has 0 spiro atoms. The molecule has 118 valence electrons. The Hall–Kier alpha value is -2.42. The highest BCUT2D eigenvalue weighted by molar-refractivity contribution is 9.10. The maximum atomic E-state index is 9.42. The van der Waals surface area contributed by atoms with Crippen molar-refractivity contribution in [2.24, 2.45) is 0 Å². The van der Waals surface area contributed by atoms with Gasteiger partial charge in [-0.1, -0.05) is 45.8 Å². The highest BCUT2D eigenvalue weighted by Crippen LogP contribution is 2.26. The lowest BCUT2D eigenvalue weighted by Crippen LogP contribution is -1.90. The molecular formula is C19H14BrN3S. The number of aromatic nitrogens is 1. The number of thiazole rings is 1. The second kappa shape index (κ2) is 7.43. The van der Waals surface area contributed by atoms with Crippen molar-refractivity contribution in [2.45, 2.75) is 6.92 Å². The monoisotopic (exact) mass is 395 g/mol. The average Bonchev–Trinajstić information content (AvgIpc) is 3.08. The maximum Gasteiger partial charge on any atom is 0.136 e. The number of nitrogens with one attached hydrogen (secondary N) is 1. The number of allylic oxidation sites excluding steroid dienone is 1. The van der Waals surface area contributed by atoms with Gasteiger partial charge in [-0.3, -0.25) is 0 Å². The zero-order valence-electron chi connectivity index (χ0n) is 13.0. The van der Waals surface area contributed by atoms with Crippen LogP contribution in [0.2, 0.25) is 0 Å².